The second kappa shape index (κ2) is 6.81. The van der Waals surface area contributed by atoms with Gasteiger partial charge in [0.2, 0.25) is 0 Å². The molecule has 22 heavy (non-hydrogen) atoms. The third-order valence-corrected chi connectivity index (χ3v) is 3.60. The van der Waals surface area contributed by atoms with Gasteiger partial charge in [-0.05, 0) is 47.9 Å². The molecule has 3 aromatic carbocycles. The minimum atomic E-state index is 0.868. The summed E-state index contributed by atoms with van der Waals surface area (Å²) in [5.41, 5.74) is 4.69. The minimum absolute atomic E-state index is 0.868. The van der Waals surface area contributed by atoms with Crippen molar-refractivity contribution < 1.29 is 4.74 Å². The molecular weight excluding hydrogens is 270 g/mol. The first kappa shape index (κ1) is 14.2. The van der Waals surface area contributed by atoms with Gasteiger partial charge in [-0.15, -0.1) is 0 Å². The fraction of sp³-hybridized carbons (Fsp3) is 0.100. The van der Waals surface area contributed by atoms with Crippen molar-refractivity contribution >= 4 is 11.4 Å². The predicted molar refractivity (Wildman–Crippen MR) is 92.0 cm³/mol. The monoisotopic (exact) mass is 289 g/mol. The highest BCUT2D eigenvalue weighted by molar-refractivity contribution is 5.65. The van der Waals surface area contributed by atoms with E-state index >= 15 is 0 Å². The maximum absolute atomic E-state index is 5.37. The van der Waals surface area contributed by atoms with Gasteiger partial charge in [0.05, 0.1) is 7.11 Å². The molecule has 0 spiro atoms. The van der Waals surface area contributed by atoms with E-state index in [4.69, 9.17) is 4.74 Å². The molecule has 0 aliphatic rings. The normalized spacial score (nSPS) is 10.2. The Bertz CT molecular complexity index is 723. The second-order valence-corrected chi connectivity index (χ2v) is 5.18. The average molecular weight is 289 g/mol. The van der Waals surface area contributed by atoms with Gasteiger partial charge in [-0.25, -0.2) is 0 Å². The molecule has 0 amide bonds. The highest BCUT2D eigenvalue weighted by Crippen LogP contribution is 2.27. The number of hydrogen-bond acceptors (Lipinski definition) is 2. The lowest BCUT2D eigenvalue weighted by Crippen LogP contribution is -1.98. The summed E-state index contributed by atoms with van der Waals surface area (Å²) in [6.45, 7) is 0. The molecule has 0 atom stereocenters. The number of hydrogen-bond donors (Lipinski definition) is 1. The van der Waals surface area contributed by atoms with Gasteiger partial charge >= 0.3 is 0 Å². The number of nitrogens with one attached hydrogen (secondary N) is 1. The van der Waals surface area contributed by atoms with Crippen molar-refractivity contribution in [3.8, 4) is 5.75 Å². The molecule has 3 aromatic rings. The van der Waals surface area contributed by atoms with Crippen molar-refractivity contribution in [2.75, 3.05) is 12.4 Å². The van der Waals surface area contributed by atoms with Crippen molar-refractivity contribution in [1.29, 1.82) is 0 Å². The largest absolute Gasteiger partial charge is 0.497 e. The van der Waals surface area contributed by atoms with E-state index in [9.17, 15) is 0 Å². The molecule has 0 fully saturated rings. The molecule has 1 N–H and O–H groups in total. The van der Waals surface area contributed by atoms with E-state index in [2.05, 4.69) is 53.8 Å². The zero-order chi connectivity index (χ0) is 15.2. The Labute approximate surface area is 131 Å². The van der Waals surface area contributed by atoms with Crippen LogP contribution in [0.3, 0.4) is 0 Å². The van der Waals surface area contributed by atoms with Gasteiger partial charge in [0.25, 0.3) is 0 Å². The van der Waals surface area contributed by atoms with Crippen LogP contribution in [0, 0.1) is 0 Å². The van der Waals surface area contributed by atoms with Crippen molar-refractivity contribution in [2.24, 2.45) is 0 Å². The third-order valence-electron chi connectivity index (χ3n) is 3.60. The second-order valence-electron chi connectivity index (χ2n) is 5.18. The Morgan fingerprint density at radius 2 is 1.50 bits per heavy atom. The van der Waals surface area contributed by atoms with Gasteiger partial charge in [-0.2, -0.15) is 0 Å². The number of anilines is 2. The molecular formula is C20H19NO. The quantitative estimate of drug-likeness (QED) is 0.711. The number of rotatable bonds is 5. The Morgan fingerprint density at radius 1 is 0.818 bits per heavy atom. The summed E-state index contributed by atoms with van der Waals surface area (Å²) in [6, 6.07) is 26.8. The fourth-order valence-electron chi connectivity index (χ4n) is 2.46. The number of ether oxygens (including phenoxy) is 1. The molecule has 0 heterocycles. The van der Waals surface area contributed by atoms with Crippen LogP contribution in [0.1, 0.15) is 11.1 Å². The molecule has 0 unspecified atom stereocenters. The van der Waals surface area contributed by atoms with Crippen LogP contribution in [0.5, 0.6) is 5.75 Å². The van der Waals surface area contributed by atoms with E-state index in [0.29, 0.717) is 0 Å². The zero-order valence-electron chi connectivity index (χ0n) is 12.6. The van der Waals surface area contributed by atoms with Crippen LogP contribution in [-0.4, -0.2) is 7.11 Å². The summed E-state index contributed by atoms with van der Waals surface area (Å²) in [4.78, 5) is 0. The molecule has 0 saturated carbocycles. The van der Waals surface area contributed by atoms with Gasteiger partial charge in [0.1, 0.15) is 5.75 Å². The summed E-state index contributed by atoms with van der Waals surface area (Å²) in [5.74, 6) is 0.879. The van der Waals surface area contributed by atoms with Crippen LogP contribution >= 0.6 is 0 Å². The van der Waals surface area contributed by atoms with Crippen molar-refractivity contribution in [3.05, 3.63) is 90.0 Å². The molecule has 3 rings (SSSR count). The van der Waals surface area contributed by atoms with Crippen LogP contribution in [0.2, 0.25) is 0 Å². The molecule has 0 aliphatic carbocycles. The minimum Gasteiger partial charge on any atom is -0.497 e. The fourth-order valence-corrected chi connectivity index (χ4v) is 2.46. The summed E-state index contributed by atoms with van der Waals surface area (Å²) in [5, 5.41) is 3.49. The van der Waals surface area contributed by atoms with E-state index in [1.54, 1.807) is 7.11 Å². The van der Waals surface area contributed by atoms with E-state index in [-0.39, 0.29) is 0 Å². The molecule has 0 saturated heterocycles. The summed E-state index contributed by atoms with van der Waals surface area (Å²) >= 11 is 0. The lowest BCUT2D eigenvalue weighted by molar-refractivity contribution is 0.414. The van der Waals surface area contributed by atoms with Gasteiger partial charge in [-0.1, -0.05) is 48.5 Å². The predicted octanol–water partition coefficient (Wildman–Crippen LogP) is 5.03. The topological polar surface area (TPSA) is 21.3 Å². The van der Waals surface area contributed by atoms with E-state index < -0.39 is 0 Å². The smallest absolute Gasteiger partial charge is 0.119 e. The number of para-hydroxylation sites is 1. The molecule has 0 radical (unpaired) electrons. The van der Waals surface area contributed by atoms with Gasteiger partial charge in [-0.3, -0.25) is 0 Å². The average Bonchev–Trinajstić information content (AvgIpc) is 2.58. The van der Waals surface area contributed by atoms with Gasteiger partial charge in [0.15, 0.2) is 0 Å². The highest BCUT2D eigenvalue weighted by Gasteiger charge is 2.06. The lowest BCUT2D eigenvalue weighted by Gasteiger charge is -2.14. The highest BCUT2D eigenvalue weighted by atomic mass is 16.5. The van der Waals surface area contributed by atoms with Crippen molar-refractivity contribution in [3.63, 3.8) is 0 Å². The first-order valence-corrected chi connectivity index (χ1v) is 7.38. The summed E-state index contributed by atoms with van der Waals surface area (Å²) in [7, 11) is 1.70. The molecule has 0 aliphatic heterocycles. The number of benzene rings is 3. The molecule has 110 valence electrons. The van der Waals surface area contributed by atoms with Crippen molar-refractivity contribution in [1.82, 2.24) is 0 Å². The van der Waals surface area contributed by atoms with Crippen molar-refractivity contribution in [2.45, 2.75) is 6.42 Å². The first-order valence-electron chi connectivity index (χ1n) is 7.38. The van der Waals surface area contributed by atoms with Gasteiger partial charge < -0.3 is 10.1 Å². The first-order chi connectivity index (χ1) is 10.8. The van der Waals surface area contributed by atoms with Crippen LogP contribution in [-0.2, 0) is 6.42 Å². The third kappa shape index (κ3) is 3.47. The lowest BCUT2D eigenvalue weighted by atomic mass is 10.0. The number of methoxy groups -OCH3 is 1. The Morgan fingerprint density at radius 3 is 2.18 bits per heavy atom. The van der Waals surface area contributed by atoms with E-state index in [1.807, 2.05) is 30.3 Å². The summed E-state index contributed by atoms with van der Waals surface area (Å²) < 4.78 is 5.37. The standard InChI is InChI=1S/C20H19NO/c1-22-19-12-13-20(21-18-10-6-3-7-11-18)17(15-19)14-16-8-4-2-5-9-16/h2-13,15,21H,14H2,1H3. The van der Waals surface area contributed by atoms with Gasteiger partial charge in [0, 0.05) is 11.4 Å². The van der Waals surface area contributed by atoms with Crippen LogP contribution in [0.25, 0.3) is 0 Å². The van der Waals surface area contributed by atoms with E-state index in [1.165, 1.54) is 11.1 Å². The maximum Gasteiger partial charge on any atom is 0.119 e. The molecule has 2 heteroatoms. The van der Waals surface area contributed by atoms with Crippen LogP contribution in [0.15, 0.2) is 78.9 Å². The zero-order valence-corrected chi connectivity index (χ0v) is 12.6. The molecule has 0 aromatic heterocycles. The molecule has 2 nitrogen and oxygen atoms in total. The van der Waals surface area contributed by atoms with Crippen LogP contribution < -0.4 is 10.1 Å². The Kier molecular flexibility index (Phi) is 4.40. The van der Waals surface area contributed by atoms with Crippen LogP contribution in [0.4, 0.5) is 11.4 Å². The Balaban J connectivity index is 1.91. The maximum atomic E-state index is 5.37. The summed E-state index contributed by atoms with van der Waals surface area (Å²) in [6.07, 6.45) is 0.868. The Hall–Kier alpha value is -2.74. The SMILES string of the molecule is COc1ccc(Nc2ccccc2)c(Cc2ccccc2)c1. The van der Waals surface area contributed by atoms with E-state index in [0.717, 1.165) is 23.5 Å². The molecule has 0 bridgehead atoms.